The number of hydrogen-bond donors (Lipinski definition) is 0. The first-order valence-corrected chi connectivity index (χ1v) is 8.25. The van der Waals surface area contributed by atoms with E-state index in [9.17, 15) is 23.2 Å². The molecule has 4 rings (SSSR count). The van der Waals surface area contributed by atoms with Crippen molar-refractivity contribution in [2.75, 3.05) is 16.3 Å². The molecule has 0 aliphatic carbocycles. The van der Waals surface area contributed by atoms with Gasteiger partial charge in [0, 0.05) is 23.2 Å². The fraction of sp³-hybridized carbons (Fsp3) is 0.158. The lowest BCUT2D eigenvalue weighted by Crippen LogP contribution is -2.34. The van der Waals surface area contributed by atoms with Gasteiger partial charge < -0.3 is 0 Å². The fourth-order valence-electron chi connectivity index (χ4n) is 3.20. The normalized spacial score (nSPS) is 17.2. The molecule has 6 nitrogen and oxygen atoms in total. The maximum absolute atomic E-state index is 13.0. The van der Waals surface area contributed by atoms with Crippen LogP contribution in [0.5, 0.6) is 0 Å². The van der Waals surface area contributed by atoms with E-state index in [0.29, 0.717) is 11.9 Å². The third-order valence-corrected chi connectivity index (χ3v) is 4.52. The summed E-state index contributed by atoms with van der Waals surface area (Å²) in [6.07, 6.45) is 0.387. The van der Waals surface area contributed by atoms with E-state index in [1.165, 1.54) is 17.3 Å². The summed E-state index contributed by atoms with van der Waals surface area (Å²) in [5.74, 6) is 0. The number of urea groups is 1. The fourth-order valence-corrected chi connectivity index (χ4v) is 3.20. The highest BCUT2D eigenvalue weighted by Crippen LogP contribution is 2.35. The summed E-state index contributed by atoms with van der Waals surface area (Å²) in [7, 11) is 0. The van der Waals surface area contributed by atoms with E-state index in [4.69, 9.17) is 0 Å². The number of anilines is 2. The van der Waals surface area contributed by atoms with Crippen LogP contribution in [0.1, 0.15) is 5.56 Å². The van der Waals surface area contributed by atoms with Crippen molar-refractivity contribution in [3.05, 3.63) is 60.7 Å². The molecule has 3 aromatic rings. The lowest BCUT2D eigenvalue weighted by molar-refractivity contribution is -0.137. The molecular weight excluding hydrogens is 371 g/mol. The number of hydrogen-bond acceptors (Lipinski definition) is 4. The number of halogens is 3. The molecule has 1 aromatic carbocycles. The van der Waals surface area contributed by atoms with Gasteiger partial charge in [-0.15, -0.1) is 0 Å². The molecule has 1 aliphatic rings. The van der Waals surface area contributed by atoms with Gasteiger partial charge in [-0.1, -0.05) is 24.3 Å². The summed E-state index contributed by atoms with van der Waals surface area (Å²) < 4.78 is 39.0. The van der Waals surface area contributed by atoms with Crippen molar-refractivity contribution in [1.29, 1.82) is 5.26 Å². The highest BCUT2D eigenvalue weighted by Gasteiger charge is 2.41. The molecule has 140 valence electrons. The molecule has 0 unspecified atom stereocenters. The number of nitrogens with zero attached hydrogens (tertiary/aromatic N) is 5. The first-order chi connectivity index (χ1) is 13.4. The van der Waals surface area contributed by atoms with E-state index in [1.54, 1.807) is 18.3 Å². The average Bonchev–Trinajstić information content (AvgIpc) is 3.03. The number of fused-ring (bicyclic) bond motifs is 1. The molecule has 0 bridgehead atoms. The van der Waals surface area contributed by atoms with Crippen LogP contribution in [0.4, 0.5) is 29.3 Å². The van der Waals surface area contributed by atoms with Gasteiger partial charge in [0.1, 0.15) is 6.04 Å². The van der Waals surface area contributed by atoms with Crippen molar-refractivity contribution in [3.8, 4) is 6.07 Å². The van der Waals surface area contributed by atoms with Crippen LogP contribution in [-0.4, -0.2) is 28.6 Å². The highest BCUT2D eigenvalue weighted by atomic mass is 19.4. The van der Waals surface area contributed by atoms with Gasteiger partial charge in [-0.05, 0) is 6.07 Å². The second kappa shape index (κ2) is 6.49. The summed E-state index contributed by atoms with van der Waals surface area (Å²) in [5, 5.41) is 11.0. The number of nitriles is 1. The molecule has 1 aliphatic heterocycles. The van der Waals surface area contributed by atoms with Crippen LogP contribution >= 0.6 is 0 Å². The second-order valence-corrected chi connectivity index (χ2v) is 6.22. The molecule has 0 saturated carbocycles. The molecular formula is C19H12F3N5O. The van der Waals surface area contributed by atoms with Gasteiger partial charge >= 0.3 is 12.2 Å². The van der Waals surface area contributed by atoms with Gasteiger partial charge in [0.25, 0.3) is 0 Å². The number of alkyl halides is 3. The second-order valence-electron chi connectivity index (χ2n) is 6.22. The molecule has 2 aromatic heterocycles. The van der Waals surface area contributed by atoms with E-state index < -0.39 is 23.8 Å². The Hall–Kier alpha value is -3.67. The number of pyridine rings is 2. The maximum atomic E-state index is 13.0. The van der Waals surface area contributed by atoms with Crippen LogP contribution in [0.3, 0.4) is 0 Å². The molecule has 1 atom stereocenters. The van der Waals surface area contributed by atoms with Gasteiger partial charge in [-0.3, -0.25) is 19.8 Å². The molecule has 0 spiro atoms. The zero-order valence-electron chi connectivity index (χ0n) is 14.3. The van der Waals surface area contributed by atoms with E-state index in [2.05, 4.69) is 9.97 Å². The van der Waals surface area contributed by atoms with Crippen LogP contribution in [-0.2, 0) is 6.18 Å². The molecule has 2 amide bonds. The predicted molar refractivity (Wildman–Crippen MR) is 95.6 cm³/mol. The van der Waals surface area contributed by atoms with Crippen molar-refractivity contribution in [2.45, 2.75) is 12.2 Å². The minimum Gasteiger partial charge on any atom is -0.289 e. The van der Waals surface area contributed by atoms with Crippen molar-refractivity contribution >= 4 is 28.2 Å². The van der Waals surface area contributed by atoms with Crippen molar-refractivity contribution in [3.63, 3.8) is 0 Å². The summed E-state index contributed by atoms with van der Waals surface area (Å²) in [6, 6.07) is 8.64. The maximum Gasteiger partial charge on any atom is 0.417 e. The number of rotatable bonds is 2. The van der Waals surface area contributed by atoms with Gasteiger partial charge in [-0.25, -0.2) is 4.79 Å². The van der Waals surface area contributed by atoms with Crippen LogP contribution in [0.2, 0.25) is 0 Å². The quantitative estimate of drug-likeness (QED) is 0.671. The Kier molecular flexibility index (Phi) is 4.11. The topological polar surface area (TPSA) is 73.1 Å². The third-order valence-electron chi connectivity index (χ3n) is 4.52. The Balaban J connectivity index is 1.78. The Bertz CT molecular complexity index is 1100. The Morgan fingerprint density at radius 1 is 1.11 bits per heavy atom. The Morgan fingerprint density at radius 3 is 2.61 bits per heavy atom. The summed E-state index contributed by atoms with van der Waals surface area (Å²) in [6.45, 7) is -0.0818. The lowest BCUT2D eigenvalue weighted by atomic mass is 10.1. The molecule has 0 N–H and O–H groups in total. The predicted octanol–water partition coefficient (Wildman–Crippen LogP) is 3.99. The molecule has 0 radical (unpaired) electrons. The summed E-state index contributed by atoms with van der Waals surface area (Å²) in [5.41, 5.74) is -0.551. The zero-order chi connectivity index (χ0) is 19.9. The molecule has 9 heteroatoms. The molecule has 28 heavy (non-hydrogen) atoms. The van der Waals surface area contributed by atoms with Crippen molar-refractivity contribution in [1.82, 2.24) is 9.97 Å². The van der Waals surface area contributed by atoms with Crippen LogP contribution in [0.15, 0.2) is 55.1 Å². The van der Waals surface area contributed by atoms with Gasteiger partial charge in [-0.2, -0.15) is 18.4 Å². The molecule has 3 heterocycles. The van der Waals surface area contributed by atoms with Gasteiger partial charge in [0.15, 0.2) is 0 Å². The summed E-state index contributed by atoms with van der Waals surface area (Å²) >= 11 is 0. The number of carbonyl (C=O) groups is 1. The summed E-state index contributed by atoms with van der Waals surface area (Å²) in [4.78, 5) is 23.1. The monoisotopic (exact) mass is 383 g/mol. The number of aromatic nitrogens is 2. The van der Waals surface area contributed by atoms with Gasteiger partial charge in [0.05, 0.1) is 41.9 Å². The van der Waals surface area contributed by atoms with Crippen molar-refractivity contribution in [2.24, 2.45) is 0 Å². The smallest absolute Gasteiger partial charge is 0.289 e. The first kappa shape index (κ1) is 17.7. The Morgan fingerprint density at radius 2 is 1.86 bits per heavy atom. The first-order valence-electron chi connectivity index (χ1n) is 8.25. The molecule has 1 fully saturated rings. The number of carbonyl (C=O) groups excluding carboxylic acids is 1. The standard InChI is InChI=1S/C19H12F3N5O/c20-19(21,22)13-5-14(9-25-8-13)26-11-15(6-23)27(18(26)28)17-10-24-7-12-3-1-2-4-16(12)17/h1-5,7-10,15H,11H2/t15-/m1/s1. The minimum absolute atomic E-state index is 0.0178. The van der Waals surface area contributed by atoms with E-state index in [-0.39, 0.29) is 12.2 Å². The van der Waals surface area contributed by atoms with Crippen LogP contribution in [0.25, 0.3) is 10.8 Å². The SMILES string of the molecule is N#C[C@@H]1CN(c2cncc(C(F)(F)F)c2)C(=O)N1c1cncc2ccccc12. The minimum atomic E-state index is -4.58. The largest absolute Gasteiger partial charge is 0.417 e. The number of benzene rings is 1. The lowest BCUT2D eigenvalue weighted by Gasteiger charge is -2.21. The number of amides is 2. The zero-order valence-corrected chi connectivity index (χ0v) is 14.3. The average molecular weight is 383 g/mol. The van der Waals surface area contributed by atoms with Crippen LogP contribution in [0, 0.1) is 11.3 Å². The van der Waals surface area contributed by atoms with E-state index in [1.807, 2.05) is 18.2 Å². The van der Waals surface area contributed by atoms with Gasteiger partial charge in [0.2, 0.25) is 0 Å². The molecule has 1 saturated heterocycles. The van der Waals surface area contributed by atoms with E-state index in [0.717, 1.165) is 21.7 Å². The third kappa shape index (κ3) is 2.89. The van der Waals surface area contributed by atoms with E-state index >= 15 is 0 Å². The van der Waals surface area contributed by atoms with Crippen LogP contribution < -0.4 is 9.80 Å². The Labute approximate surface area is 157 Å². The van der Waals surface area contributed by atoms with Crippen molar-refractivity contribution < 1.29 is 18.0 Å². The highest BCUT2D eigenvalue weighted by molar-refractivity contribution is 6.11.